The number of alkyl halides is 9. The molecule has 0 saturated carbocycles. The summed E-state index contributed by atoms with van der Waals surface area (Å²) in [6.07, 6.45) is 5.35. The molecule has 0 bridgehead atoms. The van der Waals surface area contributed by atoms with E-state index >= 15 is 0 Å². The molecule has 6 aliphatic heterocycles. The van der Waals surface area contributed by atoms with E-state index in [2.05, 4.69) is 68.6 Å². The number of hydrogen-bond donors (Lipinski definition) is 14. The number of rotatable bonds is 32. The normalized spacial score (nSPS) is 23.9. The molecule has 0 aliphatic carbocycles. The average molecular weight is 1810 g/mol. The maximum atomic E-state index is 12.3. The van der Waals surface area contributed by atoms with Crippen LogP contribution in [-0.2, 0) is 63.6 Å². The van der Waals surface area contributed by atoms with Gasteiger partial charge in [0.2, 0.25) is 0 Å². The Hall–Kier alpha value is 4.00. The first-order valence-corrected chi connectivity index (χ1v) is 49.4. The van der Waals surface area contributed by atoms with Crippen LogP contribution in [0.5, 0.6) is 0 Å². The van der Waals surface area contributed by atoms with Gasteiger partial charge in [0.05, 0.1) is 46.2 Å². The zero-order chi connectivity index (χ0) is 75.1. The van der Waals surface area contributed by atoms with Gasteiger partial charge in [-0.05, 0) is 64.6 Å². The second kappa shape index (κ2) is 74.4. The zero-order valence-corrected chi connectivity index (χ0v) is 72.1. The molecule has 0 radical (unpaired) electrons. The van der Waals surface area contributed by atoms with E-state index in [4.69, 9.17) is 153 Å². The van der Waals surface area contributed by atoms with Crippen LogP contribution in [0.25, 0.3) is 0 Å². The molecular formula is C48H121Cl9N13O21P9. The summed E-state index contributed by atoms with van der Waals surface area (Å²) >= 11 is 49.8. The average Bonchev–Trinajstić information content (AvgIpc) is 1.62. The van der Waals surface area contributed by atoms with Gasteiger partial charge < -0.3 is 75.4 Å². The van der Waals surface area contributed by atoms with E-state index in [-0.39, 0.29) is 26.1 Å². The van der Waals surface area contributed by atoms with E-state index in [0.717, 1.165) is 104 Å². The highest BCUT2D eigenvalue weighted by molar-refractivity contribution is 7.55. The first-order chi connectivity index (χ1) is 46.6. The Morgan fingerprint density at radius 1 is 0.490 bits per heavy atom. The molecule has 6 fully saturated rings. The molecule has 6 rings (SSSR count). The minimum absolute atomic E-state index is 0. The molecule has 0 spiro atoms. The zero-order valence-electron chi connectivity index (χ0n) is 56.7. The number of phosphoric ester groups is 2. The van der Waals surface area contributed by atoms with E-state index in [1.54, 1.807) is 9.34 Å². The molecule has 0 aromatic carbocycles. The van der Waals surface area contributed by atoms with Crippen molar-refractivity contribution in [2.75, 3.05) is 256 Å². The number of fused-ring (bicyclic) bond motifs is 1. The Labute approximate surface area is 645 Å². The van der Waals surface area contributed by atoms with Crippen molar-refractivity contribution >= 4 is 177 Å². The van der Waals surface area contributed by atoms with E-state index in [0.29, 0.717) is 171 Å². The lowest BCUT2D eigenvalue weighted by Crippen LogP contribution is -2.35. The van der Waals surface area contributed by atoms with Gasteiger partial charge in [0.25, 0.3) is 0 Å². The Kier molecular flexibility index (Phi) is 85.5. The van der Waals surface area contributed by atoms with Crippen molar-refractivity contribution in [1.82, 2.24) is 59.9 Å². The second-order valence-electron chi connectivity index (χ2n) is 19.3. The Bertz CT molecular complexity index is 2120. The van der Waals surface area contributed by atoms with Crippen molar-refractivity contribution in [2.24, 2.45) is 5.73 Å². The van der Waals surface area contributed by atoms with Gasteiger partial charge in [-0.25, -0.2) is 56.9 Å². The smallest absolute Gasteiger partial charge is 0.412 e. The highest BCUT2D eigenvalue weighted by Gasteiger charge is 2.45. The number of halogens is 9. The number of phosphoric acid groups is 2. The van der Waals surface area contributed by atoms with Crippen LogP contribution in [0.15, 0.2) is 0 Å². The van der Waals surface area contributed by atoms with Gasteiger partial charge >= 0.3 is 54.1 Å². The monoisotopic (exact) mass is 1810 g/mol. The van der Waals surface area contributed by atoms with Crippen LogP contribution >= 0.6 is 177 Å². The lowest BCUT2D eigenvalue weighted by atomic mass is 10.4. The molecule has 0 aromatic heterocycles. The molecule has 7 unspecified atom stereocenters. The molecule has 6 saturated heterocycles. The molecule has 34 nitrogen and oxygen atoms in total. The van der Waals surface area contributed by atoms with Crippen molar-refractivity contribution in [3.8, 4) is 0 Å². The van der Waals surface area contributed by atoms with E-state index < -0.39 is 54.1 Å². The fourth-order valence-corrected chi connectivity index (χ4v) is 19.3. The van der Waals surface area contributed by atoms with Gasteiger partial charge in [-0.15, -0.1) is 123 Å². The van der Waals surface area contributed by atoms with Crippen molar-refractivity contribution in [3.63, 3.8) is 0 Å². The van der Waals surface area contributed by atoms with Gasteiger partial charge in [-0.3, -0.25) is 31.8 Å². The van der Waals surface area contributed by atoms with Crippen LogP contribution in [0.2, 0.25) is 0 Å². The third kappa shape index (κ3) is 63.5. The maximum Gasteiger partial charge on any atom is 0.469 e. The largest absolute Gasteiger partial charge is 0.469 e. The number of nitrogens with two attached hydrogens (primary N) is 1. The summed E-state index contributed by atoms with van der Waals surface area (Å²) in [7, 11) is -19.0. The van der Waals surface area contributed by atoms with Gasteiger partial charge in [-0.1, -0.05) is 20.8 Å². The van der Waals surface area contributed by atoms with Crippen LogP contribution in [0.4, 0.5) is 0 Å². The summed E-state index contributed by atoms with van der Waals surface area (Å²) in [6, 6.07) is 0. The molecule has 100 heavy (non-hydrogen) atoms. The minimum Gasteiger partial charge on any atom is -0.412 e. The molecule has 6 heterocycles. The highest BCUT2D eigenvalue weighted by Crippen LogP contribution is 2.59. The fraction of sp³-hybridized carbons (Fsp3) is 1.00. The Balaban J connectivity index is -0.000000252. The number of hydrogen-bond acceptors (Lipinski definition) is 19. The van der Waals surface area contributed by atoms with Gasteiger partial charge in [-0.2, -0.15) is 0 Å². The van der Waals surface area contributed by atoms with E-state index in [1.807, 2.05) is 22.7 Å². The number of nitrogens with zero attached hydrogens (tertiary/aromatic N) is 5. The van der Waals surface area contributed by atoms with Crippen molar-refractivity contribution < 1.29 is 98.5 Å². The molecule has 0 aromatic rings. The lowest BCUT2D eigenvalue weighted by molar-refractivity contribution is 0.193. The molecule has 17 N–H and O–H groups in total. The van der Waals surface area contributed by atoms with Gasteiger partial charge in [0.15, 0.2) is 0 Å². The summed E-state index contributed by atoms with van der Waals surface area (Å²) in [5.41, 5.74) is 5.02. The second-order valence-corrected chi connectivity index (χ2v) is 35.3. The van der Waals surface area contributed by atoms with Crippen LogP contribution in [0, 0.1) is 0 Å². The topological polar surface area (TPSA) is 463 Å². The van der Waals surface area contributed by atoms with Gasteiger partial charge in [0, 0.05) is 177 Å². The van der Waals surface area contributed by atoms with Crippen LogP contribution < -0.4 is 42.3 Å². The fourth-order valence-electron chi connectivity index (χ4n) is 7.57. The van der Waals surface area contributed by atoms with Crippen molar-refractivity contribution in [1.29, 1.82) is 0 Å². The third-order valence-corrected chi connectivity index (χ3v) is 24.7. The first kappa shape index (κ1) is 115. The predicted octanol–water partition coefficient (Wildman–Crippen LogP) is 7.07. The van der Waals surface area contributed by atoms with E-state index in [9.17, 15) is 36.8 Å². The third-order valence-electron chi connectivity index (χ3n) is 12.0. The van der Waals surface area contributed by atoms with Gasteiger partial charge in [0.1, 0.15) is 0 Å². The molecular weight excluding hydrogens is 1690 g/mol. The summed E-state index contributed by atoms with van der Waals surface area (Å²) in [5, 5.41) is 20.5. The molecule has 52 heteroatoms. The van der Waals surface area contributed by atoms with E-state index in [1.165, 1.54) is 4.67 Å². The Morgan fingerprint density at radius 3 is 1.27 bits per heavy atom. The first-order valence-electron chi connectivity index (χ1n) is 31.5. The highest BCUT2D eigenvalue weighted by atomic mass is 35.5. The molecule has 0 amide bonds. The standard InChI is InChI=1S/2C7H15Cl2N2O2P.C7H18ClN2O4P.C7H16ClN2O3P.C7H14ClN2O2P.C4H9Cl2N.C3H10NO4P.C3H8NO3P.2CH5P.CH4.H2O/c2*8-2-5-11(6-3-9)14(12)10-4-1-7-13-14;8-2-4-10-6-5-9-3-1-7-14-15(11,12)13;8-2-5-10-6-4-9-3-1-7-13-14(10,11)12;8-2-4-10-6-5-9-3-1-7-12-13(9,10)11;5-1-3-7-4-2-6;4-2-1-3-8-9(5,6)7;5-8(6)4-2-1-3-7-8;2*1-2;;/h2*1-7H2,(H,10,12);9-10H,1-7H2,(H2,11,12,13);9H,1-7H2,(H,11,12);1-7H2;7H,1-4H2;1-4H2,(H2,5,6,7);1-3H2,(H2,4,5,6);2*2H2,1H3;1H4;1H2. The molecule has 7 atom stereocenters. The summed E-state index contributed by atoms with van der Waals surface area (Å²) in [6.45, 7) is 21.2. The SMILES string of the molecule is C.CP.CP.ClCCNCCCl.NCCCOP(=O)(O)O.O.O=P(O)(O)OCCCNCCNCCCl.O=P1(N(CCCl)CCCl)NCCCO1.O=P1(N(CCCl)CCCl)NCCCO1.O=P1(O)NCCCO1.O=P1(O)OCCCNCCN1CCCl.O=P12OCCCN1CCN2CCCl. The quantitative estimate of drug-likeness (QED) is 0.0182. The van der Waals surface area contributed by atoms with Crippen molar-refractivity contribution in [2.45, 2.75) is 52.4 Å². The van der Waals surface area contributed by atoms with Crippen LogP contribution in [0.3, 0.4) is 0 Å². The summed E-state index contributed by atoms with van der Waals surface area (Å²) < 4.78 is 121. The van der Waals surface area contributed by atoms with Crippen LogP contribution in [-0.4, -0.2) is 315 Å². The molecule has 6 aliphatic rings. The Morgan fingerprint density at radius 2 is 0.890 bits per heavy atom. The predicted molar refractivity (Wildman–Crippen MR) is 421 cm³/mol. The maximum absolute atomic E-state index is 12.3. The summed E-state index contributed by atoms with van der Waals surface area (Å²) in [4.78, 5) is 51.1. The molecule has 612 valence electrons. The minimum atomic E-state index is -4.29. The van der Waals surface area contributed by atoms with Crippen molar-refractivity contribution in [3.05, 3.63) is 0 Å². The van der Waals surface area contributed by atoms with Crippen LogP contribution in [0.1, 0.15) is 52.4 Å². The number of nitrogens with one attached hydrogen (secondary N) is 7. The summed E-state index contributed by atoms with van der Waals surface area (Å²) in [5.74, 6) is 4.45. The lowest BCUT2D eigenvalue weighted by Gasteiger charge is -2.33.